The van der Waals surface area contributed by atoms with Crippen LogP contribution >= 0.6 is 15.9 Å². The molecular formula is C26H31BrN2O5. The Morgan fingerprint density at radius 1 is 1.12 bits per heavy atom. The van der Waals surface area contributed by atoms with Crippen LogP contribution in [0.5, 0.6) is 5.75 Å². The van der Waals surface area contributed by atoms with E-state index in [0.717, 1.165) is 25.7 Å². The summed E-state index contributed by atoms with van der Waals surface area (Å²) >= 11 is 3.49. The van der Waals surface area contributed by atoms with Crippen molar-refractivity contribution in [2.24, 2.45) is 0 Å². The Labute approximate surface area is 208 Å². The van der Waals surface area contributed by atoms with Gasteiger partial charge in [-0.1, -0.05) is 50.1 Å². The first-order valence-electron chi connectivity index (χ1n) is 11.7. The Balaban J connectivity index is 1.61. The molecule has 1 aliphatic heterocycles. The maximum Gasteiger partial charge on any atom is 0.308 e. The molecule has 1 saturated heterocycles. The first-order chi connectivity index (χ1) is 16.5. The number of benzene rings is 2. The molecular weight excluding hydrogens is 500 g/mol. The van der Waals surface area contributed by atoms with E-state index >= 15 is 0 Å². The summed E-state index contributed by atoms with van der Waals surface area (Å²) in [5.74, 6) is -0.490. The molecule has 0 aromatic heterocycles. The third-order valence-corrected chi connectivity index (χ3v) is 6.25. The van der Waals surface area contributed by atoms with Crippen molar-refractivity contribution in [3.8, 4) is 5.75 Å². The molecule has 1 heterocycles. The molecule has 0 aliphatic carbocycles. The molecule has 182 valence electrons. The molecule has 34 heavy (non-hydrogen) atoms. The van der Waals surface area contributed by atoms with Crippen molar-refractivity contribution in [2.45, 2.75) is 45.1 Å². The van der Waals surface area contributed by atoms with Crippen LogP contribution in [0.4, 0.5) is 0 Å². The summed E-state index contributed by atoms with van der Waals surface area (Å²) in [6.07, 6.45) is 3.40. The summed E-state index contributed by atoms with van der Waals surface area (Å²) < 4.78 is 11.8. The number of rotatable bonds is 11. The molecule has 2 aromatic rings. The van der Waals surface area contributed by atoms with Crippen LogP contribution in [0, 0.1) is 0 Å². The number of carbonyl (C=O) groups excluding carboxylic acids is 3. The monoisotopic (exact) mass is 530 g/mol. The SMILES string of the molecule is CCCCCOC(=O)CC1C(=O)NCCN1C(=O)c1ccc(OCCc2ccccc2)c(Br)c1. The topological polar surface area (TPSA) is 84.9 Å². The average Bonchev–Trinajstić information content (AvgIpc) is 2.84. The highest BCUT2D eigenvalue weighted by Gasteiger charge is 2.35. The molecule has 1 fully saturated rings. The van der Waals surface area contributed by atoms with Crippen LogP contribution in [0.1, 0.15) is 48.5 Å². The molecule has 1 N–H and O–H groups in total. The fraction of sp³-hybridized carbons (Fsp3) is 0.423. The van der Waals surface area contributed by atoms with Crippen LogP contribution in [0.15, 0.2) is 53.0 Å². The van der Waals surface area contributed by atoms with Gasteiger partial charge in [0.25, 0.3) is 5.91 Å². The third-order valence-electron chi connectivity index (χ3n) is 5.63. The summed E-state index contributed by atoms with van der Waals surface area (Å²) in [5.41, 5.74) is 1.60. The molecule has 0 radical (unpaired) electrons. The molecule has 1 unspecified atom stereocenters. The maximum atomic E-state index is 13.2. The number of nitrogens with zero attached hydrogens (tertiary/aromatic N) is 1. The second-order valence-electron chi connectivity index (χ2n) is 8.17. The van der Waals surface area contributed by atoms with Gasteiger partial charge in [-0.3, -0.25) is 14.4 Å². The van der Waals surface area contributed by atoms with E-state index in [4.69, 9.17) is 9.47 Å². The van der Waals surface area contributed by atoms with Crippen molar-refractivity contribution in [3.05, 3.63) is 64.1 Å². The number of unbranched alkanes of at least 4 members (excludes halogenated alkanes) is 2. The lowest BCUT2D eigenvalue weighted by Gasteiger charge is -2.34. The molecule has 7 nitrogen and oxygen atoms in total. The van der Waals surface area contributed by atoms with Gasteiger partial charge < -0.3 is 19.7 Å². The van der Waals surface area contributed by atoms with E-state index in [0.29, 0.717) is 42.1 Å². The van der Waals surface area contributed by atoms with Crippen molar-refractivity contribution in [2.75, 3.05) is 26.3 Å². The molecule has 3 rings (SSSR count). The summed E-state index contributed by atoms with van der Waals surface area (Å²) in [6.45, 7) is 3.57. The fourth-order valence-corrected chi connectivity index (χ4v) is 4.25. The molecule has 1 atom stereocenters. The number of amides is 2. The van der Waals surface area contributed by atoms with Crippen LogP contribution in [0.25, 0.3) is 0 Å². The van der Waals surface area contributed by atoms with Crippen LogP contribution in [-0.4, -0.2) is 55.0 Å². The molecule has 2 amide bonds. The molecule has 0 spiro atoms. The molecule has 0 bridgehead atoms. The van der Waals surface area contributed by atoms with Crippen LogP contribution < -0.4 is 10.1 Å². The van der Waals surface area contributed by atoms with Gasteiger partial charge in [0, 0.05) is 25.1 Å². The summed E-state index contributed by atoms with van der Waals surface area (Å²) in [6, 6.07) is 14.3. The van der Waals surface area contributed by atoms with Crippen LogP contribution in [0.2, 0.25) is 0 Å². The van der Waals surface area contributed by atoms with Gasteiger partial charge in [-0.2, -0.15) is 0 Å². The van der Waals surface area contributed by atoms with Crippen molar-refractivity contribution >= 4 is 33.7 Å². The van der Waals surface area contributed by atoms with E-state index in [1.807, 2.05) is 30.3 Å². The Bertz CT molecular complexity index is 982. The highest BCUT2D eigenvalue weighted by Crippen LogP contribution is 2.27. The van der Waals surface area contributed by atoms with Gasteiger partial charge in [-0.25, -0.2) is 0 Å². The van der Waals surface area contributed by atoms with Gasteiger partial charge in [-0.15, -0.1) is 0 Å². The zero-order valence-electron chi connectivity index (χ0n) is 19.4. The van der Waals surface area contributed by atoms with Gasteiger partial charge in [0.1, 0.15) is 11.8 Å². The molecule has 2 aromatic carbocycles. The quantitative estimate of drug-likeness (QED) is 0.348. The molecule has 1 aliphatic rings. The molecule has 0 saturated carbocycles. The predicted octanol–water partition coefficient (Wildman–Crippen LogP) is 4.13. The Morgan fingerprint density at radius 3 is 2.65 bits per heavy atom. The average molecular weight is 531 g/mol. The lowest BCUT2D eigenvalue weighted by molar-refractivity contribution is -0.147. The summed E-state index contributed by atoms with van der Waals surface area (Å²) in [5, 5.41) is 2.74. The Morgan fingerprint density at radius 2 is 1.91 bits per heavy atom. The van der Waals surface area contributed by atoms with E-state index in [9.17, 15) is 14.4 Å². The van der Waals surface area contributed by atoms with E-state index in [-0.39, 0.29) is 18.2 Å². The lowest BCUT2D eigenvalue weighted by Crippen LogP contribution is -2.57. The van der Waals surface area contributed by atoms with Gasteiger partial charge >= 0.3 is 5.97 Å². The standard InChI is InChI=1S/C26H31BrN2O5/c1-2-3-7-15-34-24(30)18-22-25(31)28-13-14-29(22)26(32)20-10-11-23(21(27)17-20)33-16-12-19-8-5-4-6-9-19/h4-6,8-11,17,22H,2-3,7,12-16,18H2,1H3,(H,28,31). The minimum Gasteiger partial charge on any atom is -0.492 e. The zero-order valence-corrected chi connectivity index (χ0v) is 21.0. The van der Waals surface area contributed by atoms with Crippen LogP contribution in [0.3, 0.4) is 0 Å². The largest absolute Gasteiger partial charge is 0.492 e. The number of esters is 1. The number of piperazine rings is 1. The van der Waals surface area contributed by atoms with E-state index < -0.39 is 12.0 Å². The number of halogens is 1. The predicted molar refractivity (Wildman–Crippen MR) is 133 cm³/mol. The Hall–Kier alpha value is -2.87. The van der Waals surface area contributed by atoms with Crippen molar-refractivity contribution in [3.63, 3.8) is 0 Å². The number of nitrogens with one attached hydrogen (secondary N) is 1. The lowest BCUT2D eigenvalue weighted by atomic mass is 10.1. The van der Waals surface area contributed by atoms with Gasteiger partial charge in [0.2, 0.25) is 5.91 Å². The van der Waals surface area contributed by atoms with Crippen LogP contribution in [-0.2, 0) is 20.7 Å². The van der Waals surface area contributed by atoms with E-state index in [2.05, 4.69) is 28.2 Å². The van der Waals surface area contributed by atoms with Gasteiger partial charge in [0.15, 0.2) is 0 Å². The van der Waals surface area contributed by atoms with Gasteiger partial charge in [0.05, 0.1) is 24.1 Å². The first kappa shape index (κ1) is 25.7. The summed E-state index contributed by atoms with van der Waals surface area (Å²) in [7, 11) is 0. The smallest absolute Gasteiger partial charge is 0.308 e. The highest BCUT2D eigenvalue weighted by molar-refractivity contribution is 9.10. The third kappa shape index (κ3) is 7.32. The highest BCUT2D eigenvalue weighted by atomic mass is 79.9. The molecule has 8 heteroatoms. The number of hydrogen-bond acceptors (Lipinski definition) is 5. The van der Waals surface area contributed by atoms with E-state index in [1.165, 1.54) is 10.5 Å². The normalized spacial score (nSPS) is 15.5. The fourth-order valence-electron chi connectivity index (χ4n) is 3.76. The minimum absolute atomic E-state index is 0.161. The second-order valence-corrected chi connectivity index (χ2v) is 9.02. The Kier molecular flexibility index (Phi) is 9.94. The second kappa shape index (κ2) is 13.1. The number of ether oxygens (including phenoxy) is 2. The van der Waals surface area contributed by atoms with Crippen molar-refractivity contribution in [1.29, 1.82) is 0 Å². The first-order valence-corrected chi connectivity index (χ1v) is 12.5. The van der Waals surface area contributed by atoms with Crippen molar-refractivity contribution < 1.29 is 23.9 Å². The van der Waals surface area contributed by atoms with Crippen molar-refractivity contribution in [1.82, 2.24) is 10.2 Å². The van der Waals surface area contributed by atoms with Gasteiger partial charge in [-0.05, 0) is 46.1 Å². The number of carbonyl (C=O) groups is 3. The zero-order chi connectivity index (χ0) is 24.3. The minimum atomic E-state index is -0.888. The van der Waals surface area contributed by atoms with E-state index in [1.54, 1.807) is 18.2 Å². The maximum absolute atomic E-state index is 13.2. The number of hydrogen-bond donors (Lipinski definition) is 1. The summed E-state index contributed by atoms with van der Waals surface area (Å²) in [4.78, 5) is 39.4.